The number of imidazole rings is 1. The van der Waals surface area contributed by atoms with Crippen molar-refractivity contribution in [2.24, 2.45) is 7.05 Å². The highest BCUT2D eigenvalue weighted by molar-refractivity contribution is 5.80. The molecule has 1 N–H and O–H groups in total. The predicted octanol–water partition coefficient (Wildman–Crippen LogP) is 2.62. The molecule has 0 radical (unpaired) electrons. The van der Waals surface area contributed by atoms with Crippen molar-refractivity contribution in [3.63, 3.8) is 0 Å². The number of rotatable bonds is 4. The van der Waals surface area contributed by atoms with E-state index in [0.717, 1.165) is 15.6 Å². The molecule has 7 nitrogen and oxygen atoms in total. The molecule has 30 heavy (non-hydrogen) atoms. The molecule has 0 bridgehead atoms. The minimum Gasteiger partial charge on any atom is -0.347 e. The van der Waals surface area contributed by atoms with E-state index in [1.54, 1.807) is 13.1 Å². The quantitative estimate of drug-likeness (QED) is 0.556. The molecule has 4 rings (SSSR count). The van der Waals surface area contributed by atoms with Crippen LogP contribution in [0.5, 0.6) is 0 Å². The van der Waals surface area contributed by atoms with Crippen LogP contribution in [0.1, 0.15) is 11.5 Å². The lowest BCUT2D eigenvalue weighted by Crippen LogP contribution is -2.36. The summed E-state index contributed by atoms with van der Waals surface area (Å²) in [6.07, 6.45) is -4.92. The summed E-state index contributed by atoms with van der Waals surface area (Å²) in [7, 11) is 1.80. The van der Waals surface area contributed by atoms with Gasteiger partial charge in [-0.05, 0) is 24.3 Å². The molecule has 2 heterocycles. The number of aromatic nitrogens is 4. The molecule has 154 valence electrons. The van der Waals surface area contributed by atoms with Crippen LogP contribution in [0.3, 0.4) is 0 Å². The first-order valence-corrected chi connectivity index (χ1v) is 8.99. The molecule has 0 atom stereocenters. The van der Waals surface area contributed by atoms with E-state index in [4.69, 9.17) is 0 Å². The molecule has 4 aromatic rings. The van der Waals surface area contributed by atoms with Crippen molar-refractivity contribution in [3.05, 3.63) is 70.4 Å². The number of alkyl halides is 3. The smallest absolute Gasteiger partial charge is 0.347 e. The van der Waals surface area contributed by atoms with E-state index in [1.165, 1.54) is 18.2 Å². The summed E-state index contributed by atoms with van der Waals surface area (Å²) < 4.78 is 42.3. The van der Waals surface area contributed by atoms with Crippen LogP contribution in [0, 0.1) is 0 Å². The summed E-state index contributed by atoms with van der Waals surface area (Å²) >= 11 is 0. The molecule has 0 saturated heterocycles. The lowest BCUT2D eigenvalue weighted by Gasteiger charge is -2.13. The van der Waals surface area contributed by atoms with Gasteiger partial charge in [-0.25, -0.2) is 9.97 Å². The molecule has 0 unspecified atom stereocenters. The second kappa shape index (κ2) is 7.29. The highest BCUT2D eigenvalue weighted by Crippen LogP contribution is 2.26. The first kappa shape index (κ1) is 19.6. The zero-order valence-electron chi connectivity index (χ0n) is 15.8. The summed E-state index contributed by atoms with van der Waals surface area (Å²) in [4.78, 5) is 32.7. The maximum atomic E-state index is 13.2. The Balaban J connectivity index is 1.62. The monoisotopic (exact) mass is 415 g/mol. The van der Waals surface area contributed by atoms with E-state index in [2.05, 4.69) is 15.3 Å². The maximum Gasteiger partial charge on any atom is 0.438 e. The molecule has 2 aromatic carbocycles. The number of hydrogen-bond acceptors (Lipinski definition) is 4. The van der Waals surface area contributed by atoms with E-state index in [9.17, 15) is 22.8 Å². The first-order valence-electron chi connectivity index (χ1n) is 8.99. The molecule has 0 saturated carbocycles. The van der Waals surface area contributed by atoms with Crippen molar-refractivity contribution in [3.8, 4) is 0 Å². The Morgan fingerprint density at radius 3 is 2.23 bits per heavy atom. The van der Waals surface area contributed by atoms with E-state index in [0.29, 0.717) is 5.82 Å². The number of halogens is 3. The van der Waals surface area contributed by atoms with Gasteiger partial charge in [0.05, 0.1) is 28.6 Å². The van der Waals surface area contributed by atoms with Crippen LogP contribution in [0.15, 0.2) is 53.3 Å². The van der Waals surface area contributed by atoms with Gasteiger partial charge < -0.3 is 9.88 Å². The fourth-order valence-electron chi connectivity index (χ4n) is 3.26. The number of aryl methyl sites for hydroxylation is 1. The van der Waals surface area contributed by atoms with Crippen molar-refractivity contribution >= 4 is 28.0 Å². The van der Waals surface area contributed by atoms with Gasteiger partial charge in [0.15, 0.2) is 0 Å². The van der Waals surface area contributed by atoms with Gasteiger partial charge in [-0.2, -0.15) is 13.2 Å². The van der Waals surface area contributed by atoms with Gasteiger partial charge in [0.25, 0.3) is 5.56 Å². The Morgan fingerprint density at radius 1 is 1.00 bits per heavy atom. The van der Waals surface area contributed by atoms with Crippen molar-refractivity contribution in [2.75, 3.05) is 0 Å². The van der Waals surface area contributed by atoms with Gasteiger partial charge in [-0.3, -0.25) is 14.2 Å². The van der Waals surface area contributed by atoms with Crippen LogP contribution in [0.4, 0.5) is 13.2 Å². The molecule has 0 spiro atoms. The number of nitrogens with zero attached hydrogens (tertiary/aromatic N) is 4. The zero-order valence-corrected chi connectivity index (χ0v) is 15.8. The highest BCUT2D eigenvalue weighted by Gasteiger charge is 2.37. The Hall–Kier alpha value is -3.69. The minimum absolute atomic E-state index is 0.0208. The van der Waals surface area contributed by atoms with Crippen molar-refractivity contribution in [2.45, 2.75) is 19.3 Å². The molecule has 0 fully saturated rings. The second-order valence-electron chi connectivity index (χ2n) is 6.69. The lowest BCUT2D eigenvalue weighted by molar-refractivity contribution is -0.142. The molecular formula is C20H16F3N5O2. The number of carbonyl (C=O) groups excluding carboxylic acids is 1. The van der Waals surface area contributed by atoms with Crippen LogP contribution >= 0.6 is 0 Å². The third kappa shape index (κ3) is 3.51. The van der Waals surface area contributed by atoms with Gasteiger partial charge >= 0.3 is 6.18 Å². The lowest BCUT2D eigenvalue weighted by atomic mass is 10.2. The minimum atomic E-state index is -4.92. The SMILES string of the molecule is Cn1c(CNC(=O)Cn2c(=O)c(C(F)(F)F)nc3ccccc32)nc2ccccc21. The number of fused-ring (bicyclic) bond motifs is 2. The van der Waals surface area contributed by atoms with E-state index >= 15 is 0 Å². The number of para-hydroxylation sites is 4. The molecule has 0 aliphatic rings. The van der Waals surface area contributed by atoms with Crippen LogP contribution in [-0.2, 0) is 31.1 Å². The van der Waals surface area contributed by atoms with Crippen LogP contribution < -0.4 is 10.9 Å². The first-order chi connectivity index (χ1) is 14.3. The van der Waals surface area contributed by atoms with Crippen LogP contribution in [0.2, 0.25) is 0 Å². The molecule has 1 amide bonds. The Kier molecular flexibility index (Phi) is 4.76. The number of benzene rings is 2. The summed E-state index contributed by atoms with van der Waals surface area (Å²) in [5.41, 5.74) is -1.15. The number of nitrogens with one attached hydrogen (secondary N) is 1. The molecule has 0 aliphatic heterocycles. The van der Waals surface area contributed by atoms with Gasteiger partial charge in [-0.15, -0.1) is 0 Å². The zero-order chi connectivity index (χ0) is 21.5. The number of amides is 1. The number of hydrogen-bond donors (Lipinski definition) is 1. The predicted molar refractivity (Wildman–Crippen MR) is 104 cm³/mol. The normalized spacial score (nSPS) is 11.9. The Bertz CT molecular complexity index is 1320. The summed E-state index contributed by atoms with van der Waals surface area (Å²) in [6.45, 7) is -0.511. The van der Waals surface area contributed by atoms with Crippen molar-refractivity contribution in [1.82, 2.24) is 24.4 Å². The third-order valence-electron chi connectivity index (χ3n) is 4.75. The Labute approximate surface area is 167 Å². The van der Waals surface area contributed by atoms with E-state index < -0.39 is 29.9 Å². The largest absolute Gasteiger partial charge is 0.438 e. The average molecular weight is 415 g/mol. The van der Waals surface area contributed by atoms with Crippen molar-refractivity contribution < 1.29 is 18.0 Å². The fraction of sp³-hybridized carbons (Fsp3) is 0.200. The maximum absolute atomic E-state index is 13.2. The van der Waals surface area contributed by atoms with E-state index in [-0.39, 0.29) is 17.6 Å². The second-order valence-corrected chi connectivity index (χ2v) is 6.69. The van der Waals surface area contributed by atoms with E-state index in [1.807, 2.05) is 28.8 Å². The van der Waals surface area contributed by atoms with Crippen LogP contribution in [0.25, 0.3) is 22.1 Å². The van der Waals surface area contributed by atoms with Gasteiger partial charge in [0.1, 0.15) is 12.4 Å². The topological polar surface area (TPSA) is 81.8 Å². The Morgan fingerprint density at radius 2 is 1.60 bits per heavy atom. The van der Waals surface area contributed by atoms with Gasteiger partial charge in [0.2, 0.25) is 11.6 Å². The van der Waals surface area contributed by atoms with Crippen molar-refractivity contribution in [1.29, 1.82) is 0 Å². The van der Waals surface area contributed by atoms with Gasteiger partial charge in [-0.1, -0.05) is 24.3 Å². The molecule has 2 aromatic heterocycles. The van der Waals surface area contributed by atoms with Crippen LogP contribution in [-0.4, -0.2) is 25.0 Å². The molecule has 0 aliphatic carbocycles. The van der Waals surface area contributed by atoms with Gasteiger partial charge in [0, 0.05) is 7.05 Å². The summed E-state index contributed by atoms with van der Waals surface area (Å²) in [6, 6.07) is 13.3. The fourth-order valence-corrected chi connectivity index (χ4v) is 3.26. The number of carbonyl (C=O) groups is 1. The highest BCUT2D eigenvalue weighted by atomic mass is 19.4. The summed E-state index contributed by atoms with van der Waals surface area (Å²) in [5, 5.41) is 2.62. The standard InChI is InChI=1S/C20H16F3N5O2/c1-27-14-8-4-2-6-12(14)25-16(27)10-24-17(29)11-28-15-9-5-3-7-13(15)26-18(19(28)30)20(21,22)23/h2-9H,10-11H2,1H3,(H,24,29). The third-order valence-corrected chi connectivity index (χ3v) is 4.75. The molecule has 10 heteroatoms. The average Bonchev–Trinajstić information content (AvgIpc) is 3.03. The summed E-state index contributed by atoms with van der Waals surface area (Å²) in [5.74, 6) is -0.0407. The molecular weight excluding hydrogens is 399 g/mol.